The molecule has 2 aliphatic heterocycles. The van der Waals surface area contributed by atoms with E-state index in [1.54, 1.807) is 0 Å². The zero-order valence-electron chi connectivity index (χ0n) is 16.4. The van der Waals surface area contributed by atoms with Crippen LogP contribution in [0.25, 0.3) is 0 Å². The number of fused-ring (bicyclic) bond motifs is 1. The van der Waals surface area contributed by atoms with Gasteiger partial charge in [0.05, 0.1) is 6.54 Å². The molecular weight excluding hydrogens is 386 g/mol. The van der Waals surface area contributed by atoms with Crippen LogP contribution in [0, 0.1) is 5.92 Å². The van der Waals surface area contributed by atoms with Gasteiger partial charge < -0.3 is 14.2 Å². The molecule has 156 valence electrons. The first-order valence-corrected chi connectivity index (χ1v) is 9.99. The van der Waals surface area contributed by atoms with Crippen molar-refractivity contribution in [2.24, 2.45) is 5.92 Å². The summed E-state index contributed by atoms with van der Waals surface area (Å²) in [5, 5.41) is 0. The smallest absolute Gasteiger partial charge is 0.410 e. The fourth-order valence-corrected chi connectivity index (χ4v) is 3.96. The summed E-state index contributed by atoms with van der Waals surface area (Å²) in [6.45, 7) is 0.326. The van der Waals surface area contributed by atoms with Crippen molar-refractivity contribution < 1.29 is 28.6 Å². The Kier molecular flexibility index (Phi) is 5.97. The van der Waals surface area contributed by atoms with Gasteiger partial charge in [0, 0.05) is 12.3 Å². The Bertz CT molecular complexity index is 900. The number of rotatable bonds is 5. The van der Waals surface area contributed by atoms with E-state index in [1.165, 1.54) is 4.90 Å². The van der Waals surface area contributed by atoms with Crippen LogP contribution in [0.4, 0.5) is 4.79 Å². The molecule has 2 aliphatic rings. The summed E-state index contributed by atoms with van der Waals surface area (Å²) in [5.41, 5.74) is 1.70. The third kappa shape index (κ3) is 4.45. The summed E-state index contributed by atoms with van der Waals surface area (Å²) in [5.74, 6) is -1.12. The molecule has 0 radical (unpaired) electrons. The summed E-state index contributed by atoms with van der Waals surface area (Å²) < 4.78 is 16.3. The van der Waals surface area contributed by atoms with E-state index in [0.29, 0.717) is 6.42 Å². The number of carbonyl (C=O) groups excluding carboxylic acids is 3. The first-order chi connectivity index (χ1) is 14.6. The van der Waals surface area contributed by atoms with Gasteiger partial charge in [-0.15, -0.1) is 0 Å². The number of carbonyl (C=O) groups is 3. The average Bonchev–Trinajstić information content (AvgIpc) is 3.16. The molecule has 7 nitrogen and oxygen atoms in total. The molecular formula is C23H23NO6. The quantitative estimate of drug-likeness (QED) is 0.558. The van der Waals surface area contributed by atoms with Gasteiger partial charge in [0.25, 0.3) is 0 Å². The normalized spacial score (nSPS) is 22.7. The Hall–Kier alpha value is -3.35. The second kappa shape index (κ2) is 8.98. The molecule has 7 heteroatoms. The van der Waals surface area contributed by atoms with E-state index in [0.717, 1.165) is 11.1 Å². The van der Waals surface area contributed by atoms with Crippen molar-refractivity contribution in [3.8, 4) is 0 Å². The second-order valence-corrected chi connectivity index (χ2v) is 7.46. The number of nitrogens with zero attached hydrogens (tertiary/aromatic N) is 1. The third-order valence-corrected chi connectivity index (χ3v) is 5.47. The Balaban J connectivity index is 1.45. The van der Waals surface area contributed by atoms with Crippen LogP contribution in [0.1, 0.15) is 24.0 Å². The fourth-order valence-electron chi connectivity index (χ4n) is 3.96. The lowest BCUT2D eigenvalue weighted by atomic mass is 9.91. The molecule has 2 saturated heterocycles. The van der Waals surface area contributed by atoms with E-state index in [2.05, 4.69) is 0 Å². The maximum Gasteiger partial charge on any atom is 0.410 e. The Morgan fingerprint density at radius 3 is 2.17 bits per heavy atom. The number of likely N-dealkylation sites (tertiary alicyclic amines) is 1. The van der Waals surface area contributed by atoms with Gasteiger partial charge in [-0.25, -0.2) is 9.59 Å². The van der Waals surface area contributed by atoms with Gasteiger partial charge in [0.15, 0.2) is 0 Å². The van der Waals surface area contributed by atoms with Crippen LogP contribution in [-0.4, -0.2) is 41.6 Å². The van der Waals surface area contributed by atoms with Crippen LogP contribution in [0.3, 0.4) is 0 Å². The Morgan fingerprint density at radius 2 is 1.53 bits per heavy atom. The third-order valence-electron chi connectivity index (χ3n) is 5.47. The molecule has 0 unspecified atom stereocenters. The highest BCUT2D eigenvalue weighted by Crippen LogP contribution is 2.35. The lowest BCUT2D eigenvalue weighted by Gasteiger charge is -2.28. The molecule has 0 N–H and O–H groups in total. The molecule has 0 spiro atoms. The molecule has 1 amide bonds. The maximum atomic E-state index is 12.9. The minimum absolute atomic E-state index is 0.0943. The van der Waals surface area contributed by atoms with Crippen LogP contribution in [-0.2, 0) is 37.0 Å². The molecule has 2 heterocycles. The van der Waals surface area contributed by atoms with Gasteiger partial charge in [-0.05, 0) is 17.5 Å². The van der Waals surface area contributed by atoms with Crippen molar-refractivity contribution in [3.63, 3.8) is 0 Å². The Labute approximate surface area is 174 Å². The molecule has 2 aromatic carbocycles. The molecule has 0 aromatic heterocycles. The largest absolute Gasteiger partial charge is 0.460 e. The van der Waals surface area contributed by atoms with E-state index < -0.39 is 24.2 Å². The minimum atomic E-state index is -0.838. The van der Waals surface area contributed by atoms with Gasteiger partial charge in [-0.1, -0.05) is 60.7 Å². The molecule has 30 heavy (non-hydrogen) atoms. The van der Waals surface area contributed by atoms with Crippen molar-refractivity contribution in [3.05, 3.63) is 71.8 Å². The van der Waals surface area contributed by atoms with Gasteiger partial charge in [0.1, 0.15) is 25.4 Å². The summed E-state index contributed by atoms with van der Waals surface area (Å²) in [6, 6.07) is 17.8. The summed E-state index contributed by atoms with van der Waals surface area (Å²) >= 11 is 0. The van der Waals surface area contributed by atoms with Gasteiger partial charge in [0.2, 0.25) is 0 Å². The van der Waals surface area contributed by atoms with Gasteiger partial charge >= 0.3 is 18.0 Å². The summed E-state index contributed by atoms with van der Waals surface area (Å²) in [7, 11) is 0. The van der Waals surface area contributed by atoms with E-state index in [-0.39, 0.29) is 38.1 Å². The van der Waals surface area contributed by atoms with Crippen LogP contribution in [0.2, 0.25) is 0 Å². The first kappa shape index (κ1) is 19.9. The molecule has 4 rings (SSSR count). The zero-order valence-corrected chi connectivity index (χ0v) is 16.4. The number of benzene rings is 2. The summed E-state index contributed by atoms with van der Waals surface area (Å²) in [4.78, 5) is 38.8. The lowest BCUT2D eigenvalue weighted by Crippen LogP contribution is -2.45. The van der Waals surface area contributed by atoms with Crippen LogP contribution in [0.15, 0.2) is 60.7 Å². The molecule has 2 aromatic rings. The minimum Gasteiger partial charge on any atom is -0.460 e. The molecule has 0 saturated carbocycles. The molecule has 0 bridgehead atoms. The predicted octanol–water partition coefficient (Wildman–Crippen LogP) is 3.07. The highest BCUT2D eigenvalue weighted by molar-refractivity contribution is 5.83. The lowest BCUT2D eigenvalue weighted by molar-refractivity contribution is -0.160. The van der Waals surface area contributed by atoms with Gasteiger partial charge in [-0.2, -0.15) is 0 Å². The van der Waals surface area contributed by atoms with Crippen molar-refractivity contribution >= 4 is 18.0 Å². The monoisotopic (exact) mass is 409 g/mol. The SMILES string of the molecule is O=C1CC[C@H]2[C@H](CN(C(=O)OCc3ccccc3)[C@@H]2C(=O)OCc2ccccc2)O1. The Morgan fingerprint density at radius 1 is 0.933 bits per heavy atom. The van der Waals surface area contributed by atoms with E-state index in [4.69, 9.17) is 14.2 Å². The molecule has 0 aliphatic carbocycles. The van der Waals surface area contributed by atoms with E-state index in [1.807, 2.05) is 60.7 Å². The van der Waals surface area contributed by atoms with E-state index in [9.17, 15) is 14.4 Å². The number of ether oxygens (including phenoxy) is 3. The number of esters is 2. The van der Waals surface area contributed by atoms with E-state index >= 15 is 0 Å². The average molecular weight is 409 g/mol. The van der Waals surface area contributed by atoms with Crippen molar-refractivity contribution in [2.75, 3.05) is 6.54 Å². The fraction of sp³-hybridized carbons (Fsp3) is 0.348. The van der Waals surface area contributed by atoms with Crippen LogP contribution < -0.4 is 0 Å². The van der Waals surface area contributed by atoms with Crippen LogP contribution in [0.5, 0.6) is 0 Å². The number of hydrogen-bond acceptors (Lipinski definition) is 6. The number of amides is 1. The standard InChI is InChI=1S/C23H23NO6/c25-20-12-11-18-19(30-20)13-24(23(27)29-15-17-9-5-2-6-10-17)21(18)22(26)28-14-16-7-3-1-4-8-16/h1-10,18-19,21H,11-15H2/t18-,19-,21-/m0/s1. The second-order valence-electron chi connectivity index (χ2n) is 7.46. The maximum absolute atomic E-state index is 12.9. The summed E-state index contributed by atoms with van der Waals surface area (Å²) in [6.07, 6.45) is -0.455. The predicted molar refractivity (Wildman–Crippen MR) is 106 cm³/mol. The topological polar surface area (TPSA) is 82.1 Å². The van der Waals surface area contributed by atoms with Gasteiger partial charge in [-0.3, -0.25) is 9.69 Å². The van der Waals surface area contributed by atoms with Crippen molar-refractivity contribution in [1.82, 2.24) is 4.90 Å². The zero-order chi connectivity index (χ0) is 20.9. The highest BCUT2D eigenvalue weighted by Gasteiger charge is 2.52. The number of hydrogen-bond donors (Lipinski definition) is 0. The first-order valence-electron chi connectivity index (χ1n) is 9.99. The molecule has 3 atom stereocenters. The molecule has 2 fully saturated rings. The van der Waals surface area contributed by atoms with Crippen LogP contribution >= 0.6 is 0 Å². The van der Waals surface area contributed by atoms with Crippen molar-refractivity contribution in [2.45, 2.75) is 38.2 Å². The van der Waals surface area contributed by atoms with Crippen molar-refractivity contribution in [1.29, 1.82) is 0 Å². The highest BCUT2D eigenvalue weighted by atomic mass is 16.6.